The van der Waals surface area contributed by atoms with Crippen LogP contribution in [0.3, 0.4) is 0 Å². The molecule has 0 saturated carbocycles. The molecule has 0 aliphatic carbocycles. The Morgan fingerprint density at radius 2 is 2.06 bits per heavy atom. The SMILES string of the molecule is Cc1ncc(-c2nnc(S(=O)(=O)Cl)n2C(C)C)s1. The average molecular weight is 307 g/mol. The molecule has 2 rings (SSSR count). The maximum absolute atomic E-state index is 11.4. The molecule has 0 amide bonds. The Morgan fingerprint density at radius 3 is 2.50 bits per heavy atom. The standard InChI is InChI=1S/C9H11ClN4O2S2/c1-5(2)14-8(7-4-11-6(3)17-7)12-13-9(14)18(10,15)16/h4-5H,1-3H3. The van der Waals surface area contributed by atoms with Crippen LogP contribution in [0.1, 0.15) is 24.9 Å². The molecule has 0 spiro atoms. The second-order valence-corrected chi connectivity index (χ2v) is 7.65. The Labute approximate surface area is 113 Å². The van der Waals surface area contributed by atoms with E-state index in [1.54, 1.807) is 6.20 Å². The van der Waals surface area contributed by atoms with Gasteiger partial charge < -0.3 is 0 Å². The van der Waals surface area contributed by atoms with E-state index in [-0.39, 0.29) is 11.2 Å². The predicted octanol–water partition coefficient (Wildman–Crippen LogP) is 2.22. The summed E-state index contributed by atoms with van der Waals surface area (Å²) in [5.41, 5.74) is 0. The van der Waals surface area contributed by atoms with Crippen molar-refractivity contribution < 1.29 is 8.42 Å². The van der Waals surface area contributed by atoms with Crippen molar-refractivity contribution in [2.24, 2.45) is 0 Å². The molecule has 0 aliphatic rings. The van der Waals surface area contributed by atoms with E-state index in [0.29, 0.717) is 5.82 Å². The summed E-state index contributed by atoms with van der Waals surface area (Å²) in [6, 6.07) is -0.124. The number of hydrogen-bond acceptors (Lipinski definition) is 6. The lowest BCUT2D eigenvalue weighted by atomic mass is 10.3. The lowest BCUT2D eigenvalue weighted by Gasteiger charge is -2.11. The van der Waals surface area contributed by atoms with E-state index in [1.165, 1.54) is 15.9 Å². The third kappa shape index (κ3) is 2.40. The molecular weight excluding hydrogens is 296 g/mol. The van der Waals surface area contributed by atoms with E-state index < -0.39 is 9.05 Å². The van der Waals surface area contributed by atoms with Crippen LogP contribution >= 0.6 is 22.0 Å². The van der Waals surface area contributed by atoms with Gasteiger partial charge in [0.1, 0.15) is 0 Å². The molecule has 2 heterocycles. The fourth-order valence-corrected chi connectivity index (χ4v) is 3.29. The molecule has 0 aliphatic heterocycles. The van der Waals surface area contributed by atoms with Crippen LogP contribution in [0.15, 0.2) is 11.4 Å². The van der Waals surface area contributed by atoms with Gasteiger partial charge in [-0.25, -0.2) is 13.4 Å². The Morgan fingerprint density at radius 1 is 1.39 bits per heavy atom. The summed E-state index contributed by atoms with van der Waals surface area (Å²) in [5.74, 6) is 0.467. The minimum atomic E-state index is -3.91. The summed E-state index contributed by atoms with van der Waals surface area (Å²) >= 11 is 1.42. The van der Waals surface area contributed by atoms with Crippen LogP contribution in [0.4, 0.5) is 0 Å². The van der Waals surface area contributed by atoms with E-state index in [4.69, 9.17) is 10.7 Å². The van der Waals surface area contributed by atoms with Gasteiger partial charge in [0.15, 0.2) is 5.82 Å². The minimum absolute atomic E-state index is 0.124. The maximum Gasteiger partial charge on any atom is 0.296 e. The van der Waals surface area contributed by atoms with Crippen molar-refractivity contribution in [2.75, 3.05) is 0 Å². The van der Waals surface area contributed by atoms with Crippen molar-refractivity contribution in [3.05, 3.63) is 11.2 Å². The Balaban J connectivity index is 2.67. The van der Waals surface area contributed by atoms with Gasteiger partial charge >= 0.3 is 0 Å². The molecule has 18 heavy (non-hydrogen) atoms. The van der Waals surface area contributed by atoms with Crippen molar-refractivity contribution in [3.63, 3.8) is 0 Å². The molecule has 0 N–H and O–H groups in total. The Bertz CT molecular complexity index is 675. The van der Waals surface area contributed by atoms with Crippen LogP contribution < -0.4 is 0 Å². The van der Waals surface area contributed by atoms with Gasteiger partial charge in [-0.3, -0.25) is 4.57 Å². The number of thiazole rings is 1. The molecule has 0 bridgehead atoms. The van der Waals surface area contributed by atoms with Gasteiger partial charge in [0.05, 0.1) is 9.88 Å². The van der Waals surface area contributed by atoms with E-state index in [0.717, 1.165) is 9.88 Å². The first kappa shape index (κ1) is 13.4. The smallest absolute Gasteiger partial charge is 0.294 e. The quantitative estimate of drug-likeness (QED) is 0.812. The number of aryl methyl sites for hydroxylation is 1. The normalized spacial score (nSPS) is 12.3. The second-order valence-electron chi connectivity index (χ2n) is 3.95. The van der Waals surface area contributed by atoms with Gasteiger partial charge in [0, 0.05) is 22.9 Å². The lowest BCUT2D eigenvalue weighted by molar-refractivity contribution is 0.531. The lowest BCUT2D eigenvalue weighted by Crippen LogP contribution is -2.09. The molecule has 9 heteroatoms. The summed E-state index contributed by atoms with van der Waals surface area (Å²) in [4.78, 5) is 4.88. The zero-order valence-electron chi connectivity index (χ0n) is 9.95. The number of nitrogens with zero attached hydrogens (tertiary/aromatic N) is 4. The fraction of sp³-hybridized carbons (Fsp3) is 0.444. The van der Waals surface area contributed by atoms with Gasteiger partial charge in [0.25, 0.3) is 14.2 Å². The molecule has 2 aromatic heterocycles. The first-order valence-electron chi connectivity index (χ1n) is 5.13. The average Bonchev–Trinajstić information content (AvgIpc) is 2.80. The van der Waals surface area contributed by atoms with E-state index in [2.05, 4.69) is 15.2 Å². The van der Waals surface area contributed by atoms with E-state index in [9.17, 15) is 8.42 Å². The number of aromatic nitrogens is 4. The summed E-state index contributed by atoms with van der Waals surface area (Å²) in [6.07, 6.45) is 1.65. The van der Waals surface area contributed by atoms with Crippen LogP contribution in [-0.4, -0.2) is 28.2 Å². The molecule has 0 aromatic carbocycles. The highest BCUT2D eigenvalue weighted by molar-refractivity contribution is 8.13. The third-order valence-corrected chi connectivity index (χ3v) is 4.28. The monoisotopic (exact) mass is 306 g/mol. The number of rotatable bonds is 3. The number of halogens is 1. The Kier molecular flexibility index (Phi) is 3.43. The zero-order chi connectivity index (χ0) is 13.5. The van der Waals surface area contributed by atoms with Gasteiger partial charge in [0.2, 0.25) is 0 Å². The van der Waals surface area contributed by atoms with Crippen molar-refractivity contribution >= 4 is 31.1 Å². The van der Waals surface area contributed by atoms with Gasteiger partial charge in [-0.05, 0) is 20.8 Å². The molecule has 0 radical (unpaired) electrons. The topological polar surface area (TPSA) is 77.7 Å². The number of hydrogen-bond donors (Lipinski definition) is 0. The summed E-state index contributed by atoms with van der Waals surface area (Å²) in [7, 11) is 1.44. The van der Waals surface area contributed by atoms with Crippen molar-refractivity contribution in [2.45, 2.75) is 32.0 Å². The van der Waals surface area contributed by atoms with Gasteiger partial charge in [-0.15, -0.1) is 21.5 Å². The van der Waals surface area contributed by atoms with E-state index >= 15 is 0 Å². The summed E-state index contributed by atoms with van der Waals surface area (Å²) < 4.78 is 24.4. The second kappa shape index (κ2) is 4.60. The highest BCUT2D eigenvalue weighted by atomic mass is 35.7. The molecule has 0 saturated heterocycles. The first-order chi connectivity index (χ1) is 8.30. The van der Waals surface area contributed by atoms with Crippen LogP contribution in [-0.2, 0) is 9.05 Å². The highest BCUT2D eigenvalue weighted by Gasteiger charge is 2.25. The van der Waals surface area contributed by atoms with Crippen LogP contribution in [0.2, 0.25) is 0 Å². The van der Waals surface area contributed by atoms with Crippen LogP contribution in [0.25, 0.3) is 10.7 Å². The molecule has 98 valence electrons. The van der Waals surface area contributed by atoms with E-state index in [1.807, 2.05) is 20.8 Å². The van der Waals surface area contributed by atoms with Gasteiger partial charge in [-0.2, -0.15) is 0 Å². The zero-order valence-corrected chi connectivity index (χ0v) is 12.3. The van der Waals surface area contributed by atoms with Crippen molar-refractivity contribution in [1.82, 2.24) is 19.7 Å². The summed E-state index contributed by atoms with van der Waals surface area (Å²) in [6.45, 7) is 5.54. The third-order valence-electron chi connectivity index (χ3n) is 2.24. The molecule has 0 unspecified atom stereocenters. The van der Waals surface area contributed by atoms with Crippen LogP contribution in [0, 0.1) is 6.92 Å². The molecular formula is C9H11ClN4O2S2. The maximum atomic E-state index is 11.4. The van der Waals surface area contributed by atoms with Gasteiger partial charge in [-0.1, -0.05) is 0 Å². The highest BCUT2D eigenvalue weighted by Crippen LogP contribution is 2.29. The van der Waals surface area contributed by atoms with Crippen molar-refractivity contribution in [3.8, 4) is 10.7 Å². The molecule has 0 atom stereocenters. The first-order valence-corrected chi connectivity index (χ1v) is 8.25. The minimum Gasteiger partial charge on any atom is -0.294 e. The van der Waals surface area contributed by atoms with Crippen LogP contribution in [0.5, 0.6) is 0 Å². The summed E-state index contributed by atoms with van der Waals surface area (Å²) in [5, 5.41) is 8.21. The predicted molar refractivity (Wildman–Crippen MR) is 69.3 cm³/mol. The molecule has 2 aromatic rings. The molecule has 6 nitrogen and oxygen atoms in total. The largest absolute Gasteiger partial charge is 0.296 e. The van der Waals surface area contributed by atoms with Crippen molar-refractivity contribution in [1.29, 1.82) is 0 Å². The fourth-order valence-electron chi connectivity index (χ4n) is 1.54. The Hall–Kier alpha value is -0.990. The molecule has 0 fully saturated rings.